The standard InChI is InChI=1S/C15H14N4O/c1-10(17-15(20)11-6-8-16-9-7-11)14-18-12-4-2-3-5-13(12)19-14/h2-10H,1H3,(H,17,20)(H,18,19). The molecule has 0 aliphatic carbocycles. The monoisotopic (exact) mass is 266 g/mol. The Morgan fingerprint density at radius 2 is 1.95 bits per heavy atom. The minimum atomic E-state index is -0.192. The smallest absolute Gasteiger partial charge is 0.251 e. The van der Waals surface area contributed by atoms with Crippen LogP contribution in [0.15, 0.2) is 48.8 Å². The van der Waals surface area contributed by atoms with Gasteiger partial charge < -0.3 is 10.3 Å². The molecule has 5 nitrogen and oxygen atoms in total. The van der Waals surface area contributed by atoms with Gasteiger partial charge in [0.15, 0.2) is 0 Å². The highest BCUT2D eigenvalue weighted by molar-refractivity contribution is 5.94. The van der Waals surface area contributed by atoms with Crippen molar-refractivity contribution in [1.82, 2.24) is 20.3 Å². The lowest BCUT2D eigenvalue weighted by Gasteiger charge is -2.11. The molecule has 0 spiro atoms. The van der Waals surface area contributed by atoms with Crippen LogP contribution < -0.4 is 5.32 Å². The molecule has 0 bridgehead atoms. The lowest BCUT2D eigenvalue weighted by Crippen LogP contribution is -2.27. The fourth-order valence-electron chi connectivity index (χ4n) is 2.03. The van der Waals surface area contributed by atoms with Crippen molar-refractivity contribution in [2.24, 2.45) is 0 Å². The van der Waals surface area contributed by atoms with Crippen LogP contribution >= 0.6 is 0 Å². The van der Waals surface area contributed by atoms with E-state index in [-0.39, 0.29) is 11.9 Å². The van der Waals surface area contributed by atoms with E-state index in [1.807, 2.05) is 31.2 Å². The third-order valence-corrected chi connectivity index (χ3v) is 3.11. The number of hydrogen-bond donors (Lipinski definition) is 2. The van der Waals surface area contributed by atoms with Gasteiger partial charge in [-0.25, -0.2) is 4.98 Å². The highest BCUT2D eigenvalue weighted by Crippen LogP contribution is 2.15. The van der Waals surface area contributed by atoms with Gasteiger partial charge in [-0.3, -0.25) is 9.78 Å². The Hall–Kier alpha value is -2.69. The summed E-state index contributed by atoms with van der Waals surface area (Å²) in [6.45, 7) is 1.90. The molecule has 3 rings (SSSR count). The number of carbonyl (C=O) groups is 1. The molecule has 1 atom stereocenters. The Morgan fingerprint density at radius 1 is 1.20 bits per heavy atom. The van der Waals surface area contributed by atoms with Crippen molar-refractivity contribution in [1.29, 1.82) is 0 Å². The molecule has 2 aromatic heterocycles. The van der Waals surface area contributed by atoms with Crippen molar-refractivity contribution in [2.75, 3.05) is 0 Å². The fourth-order valence-corrected chi connectivity index (χ4v) is 2.03. The third-order valence-electron chi connectivity index (χ3n) is 3.11. The number of H-pyrrole nitrogens is 1. The number of rotatable bonds is 3. The van der Waals surface area contributed by atoms with Gasteiger partial charge in [0.25, 0.3) is 5.91 Å². The fraction of sp³-hybridized carbons (Fsp3) is 0.133. The van der Waals surface area contributed by atoms with Crippen LogP contribution in [-0.4, -0.2) is 20.9 Å². The summed E-state index contributed by atoms with van der Waals surface area (Å²) in [5.74, 6) is 0.606. The van der Waals surface area contributed by atoms with E-state index in [1.54, 1.807) is 24.5 Å². The number of aromatic amines is 1. The molecule has 0 aliphatic heterocycles. The zero-order chi connectivity index (χ0) is 13.9. The predicted molar refractivity (Wildman–Crippen MR) is 76.2 cm³/mol. The van der Waals surface area contributed by atoms with Crippen molar-refractivity contribution in [3.63, 3.8) is 0 Å². The molecule has 0 saturated heterocycles. The highest BCUT2D eigenvalue weighted by Gasteiger charge is 2.14. The van der Waals surface area contributed by atoms with Crippen LogP contribution in [0.5, 0.6) is 0 Å². The van der Waals surface area contributed by atoms with Crippen LogP contribution in [0, 0.1) is 0 Å². The molecule has 5 heteroatoms. The molecule has 2 N–H and O–H groups in total. The Bertz CT molecular complexity index is 703. The van der Waals surface area contributed by atoms with E-state index >= 15 is 0 Å². The normalized spacial score (nSPS) is 12.2. The molecular formula is C15H14N4O. The van der Waals surface area contributed by atoms with Crippen molar-refractivity contribution < 1.29 is 4.79 Å². The SMILES string of the molecule is CC(NC(=O)c1ccncc1)c1nc2ccccc2[nH]1. The number of nitrogens with zero attached hydrogens (tertiary/aromatic N) is 2. The maximum atomic E-state index is 12.1. The maximum absolute atomic E-state index is 12.1. The molecule has 100 valence electrons. The van der Waals surface area contributed by atoms with Gasteiger partial charge in [0.05, 0.1) is 17.1 Å². The molecule has 1 aromatic carbocycles. The van der Waals surface area contributed by atoms with E-state index in [2.05, 4.69) is 20.3 Å². The van der Waals surface area contributed by atoms with Crippen molar-refractivity contribution >= 4 is 16.9 Å². The summed E-state index contributed by atoms with van der Waals surface area (Å²) in [5, 5.41) is 2.91. The topological polar surface area (TPSA) is 70.7 Å². The third kappa shape index (κ3) is 2.38. The summed E-state index contributed by atoms with van der Waals surface area (Å²) in [5.41, 5.74) is 2.45. The number of nitrogens with one attached hydrogen (secondary N) is 2. The molecule has 0 fully saturated rings. The minimum absolute atomic E-state index is 0.139. The number of aromatic nitrogens is 3. The molecule has 3 aromatic rings. The predicted octanol–water partition coefficient (Wildman–Crippen LogP) is 2.45. The van der Waals surface area contributed by atoms with Crippen molar-refractivity contribution in [3.8, 4) is 0 Å². The maximum Gasteiger partial charge on any atom is 0.251 e. The van der Waals surface area contributed by atoms with E-state index in [4.69, 9.17) is 0 Å². The van der Waals surface area contributed by atoms with Crippen LogP contribution in [0.3, 0.4) is 0 Å². The van der Waals surface area contributed by atoms with Crippen molar-refractivity contribution in [2.45, 2.75) is 13.0 Å². The van der Waals surface area contributed by atoms with Gasteiger partial charge in [-0.15, -0.1) is 0 Å². The number of pyridine rings is 1. The summed E-state index contributed by atoms with van der Waals surface area (Å²) in [6, 6.07) is 11.0. The summed E-state index contributed by atoms with van der Waals surface area (Å²) in [6.07, 6.45) is 3.20. The average Bonchev–Trinajstić information content (AvgIpc) is 2.92. The number of imidazole rings is 1. The molecule has 2 heterocycles. The van der Waals surface area contributed by atoms with E-state index in [9.17, 15) is 4.79 Å². The largest absolute Gasteiger partial charge is 0.342 e. The van der Waals surface area contributed by atoms with E-state index in [1.165, 1.54) is 0 Å². The van der Waals surface area contributed by atoms with E-state index in [0.717, 1.165) is 16.9 Å². The minimum Gasteiger partial charge on any atom is -0.342 e. The van der Waals surface area contributed by atoms with Gasteiger partial charge in [-0.1, -0.05) is 12.1 Å². The Balaban J connectivity index is 1.79. The van der Waals surface area contributed by atoms with Gasteiger partial charge in [0, 0.05) is 18.0 Å². The van der Waals surface area contributed by atoms with Crippen LogP contribution in [0.1, 0.15) is 29.1 Å². The van der Waals surface area contributed by atoms with Gasteiger partial charge >= 0.3 is 0 Å². The first-order valence-corrected chi connectivity index (χ1v) is 6.39. The first-order valence-electron chi connectivity index (χ1n) is 6.39. The molecule has 0 aliphatic rings. The second-order valence-electron chi connectivity index (χ2n) is 4.57. The van der Waals surface area contributed by atoms with Crippen LogP contribution in [0.2, 0.25) is 0 Å². The van der Waals surface area contributed by atoms with E-state index < -0.39 is 0 Å². The van der Waals surface area contributed by atoms with Gasteiger partial charge in [-0.2, -0.15) is 0 Å². The van der Waals surface area contributed by atoms with E-state index in [0.29, 0.717) is 5.56 Å². The summed E-state index contributed by atoms with van der Waals surface area (Å²) < 4.78 is 0. The van der Waals surface area contributed by atoms with Gasteiger partial charge in [-0.05, 0) is 31.2 Å². The first kappa shape index (κ1) is 12.3. The molecular weight excluding hydrogens is 252 g/mol. The summed E-state index contributed by atoms with van der Waals surface area (Å²) in [7, 11) is 0. The molecule has 0 saturated carbocycles. The molecule has 1 unspecified atom stereocenters. The van der Waals surface area contributed by atoms with Crippen molar-refractivity contribution in [3.05, 3.63) is 60.2 Å². The lowest BCUT2D eigenvalue weighted by molar-refractivity contribution is 0.0938. The number of hydrogen-bond acceptors (Lipinski definition) is 3. The van der Waals surface area contributed by atoms with Gasteiger partial charge in [0.2, 0.25) is 0 Å². The second kappa shape index (κ2) is 5.13. The molecule has 0 radical (unpaired) electrons. The molecule has 20 heavy (non-hydrogen) atoms. The average molecular weight is 266 g/mol. The molecule has 1 amide bonds. The summed E-state index contributed by atoms with van der Waals surface area (Å²) in [4.78, 5) is 23.6. The summed E-state index contributed by atoms with van der Waals surface area (Å²) >= 11 is 0. The quantitative estimate of drug-likeness (QED) is 0.765. The van der Waals surface area contributed by atoms with Crippen LogP contribution in [0.25, 0.3) is 11.0 Å². The number of carbonyl (C=O) groups excluding carboxylic acids is 1. The zero-order valence-electron chi connectivity index (χ0n) is 11.0. The number of fused-ring (bicyclic) bond motifs is 1. The van der Waals surface area contributed by atoms with Crippen LogP contribution in [-0.2, 0) is 0 Å². The number of benzene rings is 1. The lowest BCUT2D eigenvalue weighted by atomic mass is 10.2. The number of amides is 1. The highest BCUT2D eigenvalue weighted by atomic mass is 16.1. The van der Waals surface area contributed by atoms with Gasteiger partial charge in [0.1, 0.15) is 5.82 Å². The zero-order valence-corrected chi connectivity index (χ0v) is 11.0. The Morgan fingerprint density at radius 3 is 2.70 bits per heavy atom. The first-order chi connectivity index (χ1) is 9.74. The Labute approximate surface area is 116 Å². The number of para-hydroxylation sites is 2. The van der Waals surface area contributed by atoms with Crippen LogP contribution in [0.4, 0.5) is 0 Å². The second-order valence-corrected chi connectivity index (χ2v) is 4.57. The Kier molecular flexibility index (Phi) is 3.16.